The second-order valence-corrected chi connectivity index (χ2v) is 9.11. The molecule has 152 valence electrons. The summed E-state index contributed by atoms with van der Waals surface area (Å²) in [5.41, 5.74) is 1.66. The Labute approximate surface area is 167 Å². The summed E-state index contributed by atoms with van der Waals surface area (Å²) in [5.74, 6) is 0. The topological polar surface area (TPSA) is 34.5 Å². The Morgan fingerprint density at radius 1 is 1.43 bits per heavy atom. The molecule has 0 bridgehead atoms. The maximum atomic E-state index is 12.8. The molecule has 4 rings (SSSR count). The molecule has 4 nitrogen and oxygen atoms in total. The molecule has 0 radical (unpaired) electrons. The highest BCUT2D eigenvalue weighted by Crippen LogP contribution is 2.47. The van der Waals surface area contributed by atoms with Crippen molar-refractivity contribution >= 4 is 11.3 Å². The number of rotatable bonds is 4. The number of hydrogen-bond acceptors (Lipinski definition) is 4. The molecule has 0 N–H and O–H groups in total. The second kappa shape index (κ2) is 7.69. The number of hydrogen-bond donors (Lipinski definition) is 0. The molecular formula is C21H26F2N2O2S. The van der Waals surface area contributed by atoms with Gasteiger partial charge in [-0.05, 0) is 43.9 Å². The number of aromatic nitrogens is 1. The number of fused-ring (bicyclic) bond motifs is 2. The quantitative estimate of drug-likeness (QED) is 0.774. The van der Waals surface area contributed by atoms with Crippen molar-refractivity contribution in [2.45, 2.75) is 57.2 Å². The van der Waals surface area contributed by atoms with E-state index in [1.807, 2.05) is 18.2 Å². The van der Waals surface area contributed by atoms with Gasteiger partial charge >= 0.3 is 0 Å². The average Bonchev–Trinajstić information content (AvgIpc) is 3.05. The minimum Gasteiger partial charge on any atom is -0.369 e. The molecule has 0 saturated carbocycles. The zero-order chi connectivity index (χ0) is 19.9. The summed E-state index contributed by atoms with van der Waals surface area (Å²) in [5, 5.41) is 0. The van der Waals surface area contributed by atoms with Gasteiger partial charge in [-0.15, -0.1) is 11.3 Å². The minimum absolute atomic E-state index is 0.0427. The van der Waals surface area contributed by atoms with Gasteiger partial charge in [-0.1, -0.05) is 6.07 Å². The summed E-state index contributed by atoms with van der Waals surface area (Å²) in [6.07, 6.45) is 1.73. The molecule has 2 aromatic rings. The summed E-state index contributed by atoms with van der Waals surface area (Å²) in [6, 6.07) is 6.00. The van der Waals surface area contributed by atoms with Crippen molar-refractivity contribution < 1.29 is 13.5 Å². The van der Waals surface area contributed by atoms with Crippen LogP contribution in [0.3, 0.4) is 0 Å². The second-order valence-electron chi connectivity index (χ2n) is 7.98. The van der Waals surface area contributed by atoms with Gasteiger partial charge in [0.2, 0.25) is 6.43 Å². The number of aryl methyl sites for hydroxylation is 1. The van der Waals surface area contributed by atoms with Crippen LogP contribution in [0.2, 0.25) is 0 Å². The molecule has 2 aromatic heterocycles. The van der Waals surface area contributed by atoms with Crippen LogP contribution in [0.25, 0.3) is 0 Å². The number of halogens is 2. The summed E-state index contributed by atoms with van der Waals surface area (Å²) in [7, 11) is 1.77. The molecule has 2 aliphatic rings. The lowest BCUT2D eigenvalue weighted by Gasteiger charge is -2.47. The van der Waals surface area contributed by atoms with Crippen LogP contribution in [0.1, 0.15) is 40.6 Å². The van der Waals surface area contributed by atoms with E-state index in [4.69, 9.17) is 4.74 Å². The third kappa shape index (κ3) is 3.67. The van der Waals surface area contributed by atoms with Crippen LogP contribution < -0.4 is 5.56 Å². The fourth-order valence-corrected chi connectivity index (χ4v) is 5.95. The molecule has 0 aromatic carbocycles. The van der Waals surface area contributed by atoms with Crippen molar-refractivity contribution in [2.24, 2.45) is 7.05 Å². The van der Waals surface area contributed by atoms with Gasteiger partial charge in [0.1, 0.15) is 5.60 Å². The van der Waals surface area contributed by atoms with Gasteiger partial charge in [0, 0.05) is 54.1 Å². The summed E-state index contributed by atoms with van der Waals surface area (Å²) in [4.78, 5) is 16.6. The van der Waals surface area contributed by atoms with E-state index in [1.165, 1.54) is 16.9 Å². The number of nitrogens with zero attached hydrogens (tertiary/aromatic N) is 2. The molecule has 2 atom stereocenters. The van der Waals surface area contributed by atoms with Crippen LogP contribution >= 0.6 is 11.3 Å². The Hall–Kier alpha value is -1.57. The number of likely N-dealkylation sites (tertiary alicyclic amines) is 1. The number of pyridine rings is 1. The van der Waals surface area contributed by atoms with Crippen molar-refractivity contribution in [3.05, 3.63) is 55.6 Å². The van der Waals surface area contributed by atoms with E-state index in [9.17, 15) is 13.6 Å². The van der Waals surface area contributed by atoms with Gasteiger partial charge in [-0.25, -0.2) is 8.78 Å². The maximum Gasteiger partial charge on any atom is 0.254 e. The van der Waals surface area contributed by atoms with Crippen molar-refractivity contribution in [2.75, 3.05) is 13.2 Å². The van der Waals surface area contributed by atoms with Crippen LogP contribution in [0.5, 0.6) is 0 Å². The lowest BCUT2D eigenvalue weighted by molar-refractivity contribution is -0.110. The zero-order valence-electron chi connectivity index (χ0n) is 16.3. The predicted octanol–water partition coefficient (Wildman–Crippen LogP) is 3.71. The van der Waals surface area contributed by atoms with Gasteiger partial charge in [0.15, 0.2) is 0 Å². The highest BCUT2D eigenvalue weighted by atomic mass is 32.1. The largest absolute Gasteiger partial charge is 0.369 e. The van der Waals surface area contributed by atoms with Gasteiger partial charge in [0.25, 0.3) is 5.56 Å². The van der Waals surface area contributed by atoms with E-state index in [0.29, 0.717) is 13.2 Å². The van der Waals surface area contributed by atoms with Gasteiger partial charge in [-0.3, -0.25) is 9.69 Å². The van der Waals surface area contributed by atoms with Crippen LogP contribution in [0, 0.1) is 0 Å². The molecule has 1 fully saturated rings. The average molecular weight is 409 g/mol. The molecule has 28 heavy (non-hydrogen) atoms. The number of ether oxygens (including phenoxy) is 1. The Kier molecular flexibility index (Phi) is 5.42. The maximum absolute atomic E-state index is 12.8. The molecule has 0 unspecified atom stereocenters. The van der Waals surface area contributed by atoms with Gasteiger partial charge in [-0.2, -0.15) is 0 Å². The van der Waals surface area contributed by atoms with Gasteiger partial charge < -0.3 is 9.30 Å². The number of thiophene rings is 1. The van der Waals surface area contributed by atoms with E-state index in [-0.39, 0.29) is 23.6 Å². The number of piperidine rings is 1. The molecule has 7 heteroatoms. The normalized spacial score (nSPS) is 25.4. The van der Waals surface area contributed by atoms with E-state index in [2.05, 4.69) is 11.8 Å². The first-order chi connectivity index (χ1) is 13.4. The van der Waals surface area contributed by atoms with Crippen LogP contribution in [0.15, 0.2) is 29.2 Å². The SMILES string of the molecule is C[C@H]1C[C@@]2(CCN1Cc1cccn(C)c1=O)OCCc1cc(CC(F)F)sc12. The summed E-state index contributed by atoms with van der Waals surface area (Å²) in [6.45, 7) is 4.25. The lowest BCUT2D eigenvalue weighted by Crippen LogP contribution is -2.50. The van der Waals surface area contributed by atoms with E-state index in [0.717, 1.165) is 41.1 Å². The molecule has 0 amide bonds. The third-order valence-electron chi connectivity index (χ3n) is 6.01. The highest BCUT2D eigenvalue weighted by molar-refractivity contribution is 7.12. The number of alkyl halides is 2. The molecular weight excluding hydrogens is 382 g/mol. The lowest BCUT2D eigenvalue weighted by atomic mass is 9.82. The van der Waals surface area contributed by atoms with Gasteiger partial charge in [0.05, 0.1) is 6.61 Å². The summed E-state index contributed by atoms with van der Waals surface area (Å²) < 4.78 is 33.6. The van der Waals surface area contributed by atoms with E-state index in [1.54, 1.807) is 17.8 Å². The molecule has 4 heterocycles. The highest BCUT2D eigenvalue weighted by Gasteiger charge is 2.45. The van der Waals surface area contributed by atoms with Crippen LogP contribution in [-0.2, 0) is 36.8 Å². The Bertz CT molecular complexity index is 910. The molecule has 2 aliphatic heterocycles. The molecule has 1 spiro atoms. The predicted molar refractivity (Wildman–Crippen MR) is 106 cm³/mol. The fourth-order valence-electron chi connectivity index (χ4n) is 4.55. The first-order valence-corrected chi connectivity index (χ1v) is 10.6. The standard InChI is InChI=1S/C21H26F2N2O2S/c1-14-12-21(6-8-25(14)13-16-4-3-7-24(2)20(16)26)19-15(5-9-27-21)10-17(28-19)11-18(22)23/h3-4,7,10,14,18H,5-6,8-9,11-13H2,1-2H3/t14-,21+/m0/s1. The summed E-state index contributed by atoms with van der Waals surface area (Å²) >= 11 is 1.50. The van der Waals surface area contributed by atoms with Crippen molar-refractivity contribution in [1.82, 2.24) is 9.47 Å². The Morgan fingerprint density at radius 2 is 2.25 bits per heavy atom. The Morgan fingerprint density at radius 3 is 3.00 bits per heavy atom. The smallest absolute Gasteiger partial charge is 0.254 e. The first-order valence-electron chi connectivity index (χ1n) is 9.81. The van der Waals surface area contributed by atoms with Crippen LogP contribution in [-0.4, -0.2) is 35.1 Å². The van der Waals surface area contributed by atoms with E-state index >= 15 is 0 Å². The van der Waals surface area contributed by atoms with Crippen LogP contribution in [0.4, 0.5) is 8.78 Å². The fraction of sp³-hybridized carbons (Fsp3) is 0.571. The van der Waals surface area contributed by atoms with Crippen molar-refractivity contribution in [3.63, 3.8) is 0 Å². The Balaban J connectivity index is 1.53. The monoisotopic (exact) mass is 408 g/mol. The van der Waals surface area contributed by atoms with Crippen molar-refractivity contribution in [3.8, 4) is 0 Å². The van der Waals surface area contributed by atoms with Crippen molar-refractivity contribution in [1.29, 1.82) is 0 Å². The van der Waals surface area contributed by atoms with E-state index < -0.39 is 6.43 Å². The first kappa shape index (κ1) is 19.7. The zero-order valence-corrected chi connectivity index (χ0v) is 17.1. The third-order valence-corrected chi connectivity index (χ3v) is 7.39. The minimum atomic E-state index is -2.31. The molecule has 1 saturated heterocycles. The molecule has 0 aliphatic carbocycles.